The number of aryl methyl sites for hydroxylation is 1. The van der Waals surface area contributed by atoms with E-state index < -0.39 is 0 Å². The van der Waals surface area contributed by atoms with E-state index in [1.54, 1.807) is 0 Å². The molecule has 4 heteroatoms. The molecule has 0 amide bonds. The maximum Gasteiger partial charge on any atom is 0.225 e. The Balaban J connectivity index is 1.73. The number of anilines is 1. The third-order valence-corrected chi connectivity index (χ3v) is 4.40. The summed E-state index contributed by atoms with van der Waals surface area (Å²) in [4.78, 5) is 14.1. The summed E-state index contributed by atoms with van der Waals surface area (Å²) in [5.74, 6) is 1.82. The number of hydrogen-bond donors (Lipinski definition) is 0. The van der Waals surface area contributed by atoms with Gasteiger partial charge in [0.1, 0.15) is 0 Å². The van der Waals surface area contributed by atoms with Gasteiger partial charge < -0.3 is 9.80 Å². The van der Waals surface area contributed by atoms with Gasteiger partial charge in [0.05, 0.1) is 0 Å². The first-order valence-corrected chi connectivity index (χ1v) is 7.49. The molecule has 3 rings (SSSR count). The monoisotopic (exact) mass is 260 g/mol. The lowest BCUT2D eigenvalue weighted by molar-refractivity contribution is 0.308. The van der Waals surface area contributed by atoms with Crippen molar-refractivity contribution in [2.45, 2.75) is 32.6 Å². The van der Waals surface area contributed by atoms with Crippen LogP contribution in [-0.4, -0.2) is 48.1 Å². The first kappa shape index (κ1) is 12.9. The SMILES string of the molecule is Cc1cc(CC2CCC2)nc(N2CCN(C)CC2)n1. The average molecular weight is 260 g/mol. The van der Waals surface area contributed by atoms with Crippen LogP contribution in [0.15, 0.2) is 6.07 Å². The topological polar surface area (TPSA) is 32.3 Å². The summed E-state index contributed by atoms with van der Waals surface area (Å²) in [6.07, 6.45) is 5.31. The standard InChI is InChI=1S/C15H24N4/c1-12-10-14(11-13-4-3-5-13)17-15(16-12)19-8-6-18(2)7-9-19/h10,13H,3-9,11H2,1-2H3. The molecule has 19 heavy (non-hydrogen) atoms. The fraction of sp³-hybridized carbons (Fsp3) is 0.733. The maximum atomic E-state index is 4.80. The second-order valence-corrected chi connectivity index (χ2v) is 6.09. The highest BCUT2D eigenvalue weighted by Crippen LogP contribution is 2.29. The Labute approximate surface area is 115 Å². The minimum atomic E-state index is 0.870. The van der Waals surface area contributed by atoms with Crippen LogP contribution in [0.4, 0.5) is 5.95 Å². The van der Waals surface area contributed by atoms with Gasteiger partial charge in [0.15, 0.2) is 0 Å². The second kappa shape index (κ2) is 5.45. The first-order chi connectivity index (χ1) is 9.20. The molecule has 0 spiro atoms. The van der Waals surface area contributed by atoms with E-state index in [4.69, 9.17) is 4.98 Å². The van der Waals surface area contributed by atoms with Crippen molar-refractivity contribution in [1.82, 2.24) is 14.9 Å². The normalized spacial score (nSPS) is 21.5. The van der Waals surface area contributed by atoms with Crippen LogP contribution in [0, 0.1) is 12.8 Å². The molecule has 1 aromatic heterocycles. The summed E-state index contributed by atoms with van der Waals surface area (Å²) in [7, 11) is 2.18. The lowest BCUT2D eigenvalue weighted by Gasteiger charge is -2.33. The lowest BCUT2D eigenvalue weighted by atomic mass is 9.82. The van der Waals surface area contributed by atoms with E-state index >= 15 is 0 Å². The maximum absolute atomic E-state index is 4.80. The molecule has 0 radical (unpaired) electrons. The molecule has 0 unspecified atom stereocenters. The summed E-state index contributed by atoms with van der Waals surface area (Å²) in [5, 5.41) is 0. The number of aromatic nitrogens is 2. The van der Waals surface area contributed by atoms with Gasteiger partial charge in [-0.1, -0.05) is 19.3 Å². The highest BCUT2D eigenvalue weighted by atomic mass is 15.3. The number of hydrogen-bond acceptors (Lipinski definition) is 4. The predicted molar refractivity (Wildman–Crippen MR) is 77.5 cm³/mol. The molecular weight excluding hydrogens is 236 g/mol. The van der Waals surface area contributed by atoms with Crippen molar-refractivity contribution < 1.29 is 0 Å². The van der Waals surface area contributed by atoms with Gasteiger partial charge >= 0.3 is 0 Å². The molecule has 1 aromatic rings. The molecule has 1 saturated heterocycles. The molecule has 4 nitrogen and oxygen atoms in total. The van der Waals surface area contributed by atoms with Crippen LogP contribution in [0.1, 0.15) is 30.7 Å². The van der Waals surface area contributed by atoms with Crippen LogP contribution in [0.2, 0.25) is 0 Å². The van der Waals surface area contributed by atoms with Gasteiger partial charge in [0.25, 0.3) is 0 Å². The molecular formula is C15H24N4. The van der Waals surface area contributed by atoms with Gasteiger partial charge in [0.2, 0.25) is 5.95 Å². The Morgan fingerprint density at radius 2 is 1.89 bits per heavy atom. The van der Waals surface area contributed by atoms with E-state index in [1.807, 2.05) is 0 Å². The Hall–Kier alpha value is -1.16. The van der Waals surface area contributed by atoms with Gasteiger partial charge in [-0.15, -0.1) is 0 Å². The summed E-state index contributed by atoms with van der Waals surface area (Å²) < 4.78 is 0. The summed E-state index contributed by atoms with van der Waals surface area (Å²) >= 11 is 0. The van der Waals surface area contributed by atoms with Crippen molar-refractivity contribution >= 4 is 5.95 Å². The number of nitrogens with zero attached hydrogens (tertiary/aromatic N) is 4. The van der Waals surface area contributed by atoms with E-state index in [0.717, 1.165) is 50.2 Å². The minimum Gasteiger partial charge on any atom is -0.338 e. The van der Waals surface area contributed by atoms with Crippen molar-refractivity contribution in [2.75, 3.05) is 38.1 Å². The first-order valence-electron chi connectivity index (χ1n) is 7.49. The molecule has 104 valence electrons. The van der Waals surface area contributed by atoms with Crippen LogP contribution in [0.3, 0.4) is 0 Å². The zero-order valence-corrected chi connectivity index (χ0v) is 12.1. The molecule has 1 saturated carbocycles. The van der Waals surface area contributed by atoms with Crippen molar-refractivity contribution in [1.29, 1.82) is 0 Å². The molecule has 1 aliphatic heterocycles. The molecule has 2 aliphatic rings. The number of rotatable bonds is 3. The Morgan fingerprint density at radius 1 is 1.16 bits per heavy atom. The average Bonchev–Trinajstić information content (AvgIpc) is 2.34. The highest BCUT2D eigenvalue weighted by molar-refractivity contribution is 5.33. The molecule has 0 bridgehead atoms. The fourth-order valence-corrected chi connectivity index (χ4v) is 2.86. The molecule has 2 heterocycles. The van der Waals surface area contributed by atoms with E-state index in [9.17, 15) is 0 Å². The summed E-state index contributed by atoms with van der Waals surface area (Å²) in [6, 6.07) is 2.16. The predicted octanol–water partition coefficient (Wildman–Crippen LogP) is 1.88. The van der Waals surface area contributed by atoms with E-state index in [1.165, 1.54) is 25.0 Å². The second-order valence-electron chi connectivity index (χ2n) is 6.09. The quantitative estimate of drug-likeness (QED) is 0.830. The Kier molecular flexibility index (Phi) is 3.69. The van der Waals surface area contributed by atoms with E-state index in [2.05, 4.69) is 34.8 Å². The number of piperazine rings is 1. The van der Waals surface area contributed by atoms with Gasteiger partial charge in [-0.25, -0.2) is 9.97 Å². The molecule has 2 fully saturated rings. The third-order valence-electron chi connectivity index (χ3n) is 4.40. The Morgan fingerprint density at radius 3 is 2.53 bits per heavy atom. The van der Waals surface area contributed by atoms with Crippen LogP contribution in [-0.2, 0) is 6.42 Å². The number of likely N-dealkylation sites (N-methyl/N-ethyl adjacent to an activating group) is 1. The molecule has 1 aliphatic carbocycles. The molecule has 0 atom stereocenters. The van der Waals surface area contributed by atoms with Crippen LogP contribution < -0.4 is 4.90 Å². The lowest BCUT2D eigenvalue weighted by Crippen LogP contribution is -2.45. The third kappa shape index (κ3) is 3.06. The van der Waals surface area contributed by atoms with Gasteiger partial charge in [-0.3, -0.25) is 0 Å². The van der Waals surface area contributed by atoms with Crippen molar-refractivity contribution in [2.24, 2.45) is 5.92 Å². The van der Waals surface area contributed by atoms with Crippen molar-refractivity contribution in [3.05, 3.63) is 17.5 Å². The van der Waals surface area contributed by atoms with Gasteiger partial charge in [-0.2, -0.15) is 0 Å². The van der Waals surface area contributed by atoms with Crippen LogP contribution >= 0.6 is 0 Å². The van der Waals surface area contributed by atoms with Gasteiger partial charge in [-0.05, 0) is 32.4 Å². The van der Waals surface area contributed by atoms with Gasteiger partial charge in [0, 0.05) is 37.6 Å². The van der Waals surface area contributed by atoms with Crippen LogP contribution in [0.5, 0.6) is 0 Å². The summed E-state index contributed by atoms with van der Waals surface area (Å²) in [5.41, 5.74) is 2.35. The zero-order valence-electron chi connectivity index (χ0n) is 12.1. The van der Waals surface area contributed by atoms with E-state index in [-0.39, 0.29) is 0 Å². The largest absolute Gasteiger partial charge is 0.338 e. The Bertz CT molecular complexity index is 434. The van der Waals surface area contributed by atoms with E-state index in [0.29, 0.717) is 0 Å². The van der Waals surface area contributed by atoms with Crippen LogP contribution in [0.25, 0.3) is 0 Å². The zero-order chi connectivity index (χ0) is 13.2. The van der Waals surface area contributed by atoms with Crippen molar-refractivity contribution in [3.8, 4) is 0 Å². The van der Waals surface area contributed by atoms with Crippen molar-refractivity contribution in [3.63, 3.8) is 0 Å². The summed E-state index contributed by atoms with van der Waals surface area (Å²) in [6.45, 7) is 6.39. The minimum absolute atomic E-state index is 0.870. The smallest absolute Gasteiger partial charge is 0.225 e. The molecule has 0 N–H and O–H groups in total. The fourth-order valence-electron chi connectivity index (χ4n) is 2.86. The molecule has 0 aromatic carbocycles. The highest BCUT2D eigenvalue weighted by Gasteiger charge is 2.21.